The average molecular weight is 412 g/mol. The summed E-state index contributed by atoms with van der Waals surface area (Å²) < 4.78 is 78.6. The van der Waals surface area contributed by atoms with Crippen molar-refractivity contribution < 1.29 is 36.2 Å². The molecule has 0 N–H and O–H groups in total. The molecule has 29 heavy (non-hydrogen) atoms. The Kier molecular flexibility index (Phi) is 5.27. The molecule has 0 unspecified atom stereocenters. The van der Waals surface area contributed by atoms with Gasteiger partial charge in [-0.05, 0) is 30.7 Å². The number of hydrogen-bond donors (Lipinski definition) is 0. The number of hydrazone groups is 1. The Morgan fingerprint density at radius 3 is 2.00 bits per heavy atom. The van der Waals surface area contributed by atoms with Crippen LogP contribution in [-0.4, -0.2) is 25.8 Å². The lowest BCUT2D eigenvalue weighted by atomic mass is 10.1. The second-order valence-corrected chi connectivity index (χ2v) is 5.89. The van der Waals surface area contributed by atoms with E-state index in [2.05, 4.69) is 5.10 Å². The van der Waals surface area contributed by atoms with E-state index in [4.69, 9.17) is 9.47 Å². The number of rotatable bonds is 4. The predicted molar refractivity (Wildman–Crippen MR) is 94.3 cm³/mol. The predicted octanol–water partition coefficient (Wildman–Crippen LogP) is 4.21. The maximum absolute atomic E-state index is 14.1. The standard InChI is InChI=1S/C19H13F5N2O3/c1-8-10(6-9-4-5-11(28-2)12(7-9)29-3)19(27)26(25-8)18-16(23)14(21)13(20)15(22)17(18)24/h4-7H,1-3H3. The molecular formula is C19H13F5N2O3. The van der Waals surface area contributed by atoms with Gasteiger partial charge in [0.05, 0.1) is 25.5 Å². The van der Waals surface area contributed by atoms with Gasteiger partial charge in [0.25, 0.3) is 5.91 Å². The first-order chi connectivity index (χ1) is 13.7. The number of benzene rings is 2. The molecule has 0 atom stereocenters. The monoisotopic (exact) mass is 412 g/mol. The number of anilines is 1. The second-order valence-electron chi connectivity index (χ2n) is 5.89. The number of amides is 1. The van der Waals surface area contributed by atoms with Gasteiger partial charge in [-0.3, -0.25) is 4.79 Å². The molecule has 0 aliphatic carbocycles. The van der Waals surface area contributed by atoms with Gasteiger partial charge in [-0.25, -0.2) is 22.0 Å². The summed E-state index contributed by atoms with van der Waals surface area (Å²) in [5.41, 5.74) is -1.06. The number of hydrogen-bond acceptors (Lipinski definition) is 4. The summed E-state index contributed by atoms with van der Waals surface area (Å²) in [6, 6.07) is 4.68. The number of halogens is 5. The molecule has 0 bridgehead atoms. The Bertz CT molecular complexity index is 1050. The first-order valence-corrected chi connectivity index (χ1v) is 8.06. The Morgan fingerprint density at radius 1 is 0.897 bits per heavy atom. The molecule has 0 saturated carbocycles. The zero-order chi connectivity index (χ0) is 21.5. The number of nitrogens with zero attached hydrogens (tertiary/aromatic N) is 2. The maximum Gasteiger partial charge on any atom is 0.280 e. The van der Waals surface area contributed by atoms with Crippen LogP contribution < -0.4 is 14.5 Å². The van der Waals surface area contributed by atoms with Crippen molar-refractivity contribution in [3.63, 3.8) is 0 Å². The van der Waals surface area contributed by atoms with Crippen molar-refractivity contribution in [1.82, 2.24) is 0 Å². The number of carbonyl (C=O) groups excluding carboxylic acids is 1. The average Bonchev–Trinajstić information content (AvgIpc) is 2.98. The van der Waals surface area contributed by atoms with Gasteiger partial charge in [0.2, 0.25) is 5.82 Å². The van der Waals surface area contributed by atoms with Crippen molar-refractivity contribution in [3.8, 4) is 11.5 Å². The highest BCUT2D eigenvalue weighted by atomic mass is 19.2. The highest BCUT2D eigenvalue weighted by Gasteiger charge is 2.37. The van der Waals surface area contributed by atoms with Crippen LogP contribution in [0.4, 0.5) is 27.6 Å². The molecule has 2 aromatic rings. The van der Waals surface area contributed by atoms with Crippen LogP contribution in [0, 0.1) is 29.1 Å². The lowest BCUT2D eigenvalue weighted by Gasteiger charge is -2.15. The van der Waals surface area contributed by atoms with Crippen molar-refractivity contribution in [1.29, 1.82) is 0 Å². The van der Waals surface area contributed by atoms with E-state index < -0.39 is 40.7 Å². The summed E-state index contributed by atoms with van der Waals surface area (Å²) in [7, 11) is 2.85. The summed E-state index contributed by atoms with van der Waals surface area (Å²) in [5, 5.41) is 3.82. The van der Waals surface area contributed by atoms with Crippen molar-refractivity contribution in [2.75, 3.05) is 19.2 Å². The molecule has 1 aliphatic heterocycles. The summed E-state index contributed by atoms with van der Waals surface area (Å²) in [6.07, 6.45) is 1.34. The molecule has 5 nitrogen and oxygen atoms in total. The van der Waals surface area contributed by atoms with E-state index in [0.29, 0.717) is 17.1 Å². The minimum atomic E-state index is -2.32. The summed E-state index contributed by atoms with van der Waals surface area (Å²) in [6.45, 7) is 1.36. The summed E-state index contributed by atoms with van der Waals surface area (Å²) >= 11 is 0. The quantitative estimate of drug-likeness (QED) is 0.327. The molecule has 0 radical (unpaired) electrons. The minimum absolute atomic E-state index is 0.0220. The molecule has 0 saturated heterocycles. The van der Waals surface area contributed by atoms with Crippen LogP contribution in [0.2, 0.25) is 0 Å². The minimum Gasteiger partial charge on any atom is -0.493 e. The van der Waals surface area contributed by atoms with Gasteiger partial charge in [-0.1, -0.05) is 6.07 Å². The van der Waals surface area contributed by atoms with Crippen molar-refractivity contribution in [2.24, 2.45) is 5.10 Å². The topological polar surface area (TPSA) is 51.1 Å². The molecule has 1 aliphatic rings. The van der Waals surface area contributed by atoms with Crippen molar-refractivity contribution >= 4 is 23.4 Å². The van der Waals surface area contributed by atoms with E-state index in [1.54, 1.807) is 12.1 Å². The number of methoxy groups -OCH3 is 2. The molecule has 0 spiro atoms. The van der Waals surface area contributed by atoms with Gasteiger partial charge in [-0.2, -0.15) is 10.1 Å². The van der Waals surface area contributed by atoms with Crippen LogP contribution in [0.1, 0.15) is 12.5 Å². The Hall–Kier alpha value is -3.43. The molecule has 0 aromatic heterocycles. The zero-order valence-electron chi connectivity index (χ0n) is 15.3. The van der Waals surface area contributed by atoms with Crippen molar-refractivity contribution in [3.05, 3.63) is 58.4 Å². The molecule has 10 heteroatoms. The van der Waals surface area contributed by atoms with E-state index in [9.17, 15) is 26.7 Å². The van der Waals surface area contributed by atoms with E-state index in [0.717, 1.165) is 0 Å². The molecule has 1 amide bonds. The van der Waals surface area contributed by atoms with E-state index in [-0.39, 0.29) is 16.3 Å². The largest absolute Gasteiger partial charge is 0.493 e. The van der Waals surface area contributed by atoms with Gasteiger partial charge in [0, 0.05) is 0 Å². The Morgan fingerprint density at radius 2 is 1.45 bits per heavy atom. The number of ether oxygens (including phenoxy) is 2. The third-order valence-electron chi connectivity index (χ3n) is 4.18. The first kappa shape index (κ1) is 20.3. The van der Waals surface area contributed by atoms with Gasteiger partial charge >= 0.3 is 0 Å². The fourth-order valence-corrected chi connectivity index (χ4v) is 2.72. The molecule has 1 heterocycles. The number of carbonyl (C=O) groups is 1. The highest BCUT2D eigenvalue weighted by molar-refractivity contribution is 6.32. The van der Waals surface area contributed by atoms with Crippen LogP contribution in [-0.2, 0) is 4.79 Å². The van der Waals surface area contributed by atoms with Crippen LogP contribution in [0.15, 0.2) is 28.9 Å². The highest BCUT2D eigenvalue weighted by Crippen LogP contribution is 2.34. The SMILES string of the molecule is COc1ccc(C=C2C(=O)N(c3c(F)c(F)c(F)c(F)c3F)N=C2C)cc1OC. The summed E-state index contributed by atoms with van der Waals surface area (Å²) in [4.78, 5) is 12.6. The van der Waals surface area contributed by atoms with Gasteiger partial charge in [-0.15, -0.1) is 0 Å². The lowest BCUT2D eigenvalue weighted by Crippen LogP contribution is -2.25. The molecule has 152 valence electrons. The normalized spacial score (nSPS) is 15.2. The van der Waals surface area contributed by atoms with E-state index in [1.165, 1.54) is 33.3 Å². The van der Waals surface area contributed by atoms with Gasteiger partial charge in [0.1, 0.15) is 5.69 Å². The van der Waals surface area contributed by atoms with E-state index >= 15 is 0 Å². The Balaban J connectivity index is 2.06. The molecule has 2 aromatic carbocycles. The molecule has 0 fully saturated rings. The van der Waals surface area contributed by atoms with Crippen LogP contribution >= 0.6 is 0 Å². The summed E-state index contributed by atoms with van der Waals surface area (Å²) in [5.74, 6) is -11.2. The Labute approximate surface area is 161 Å². The van der Waals surface area contributed by atoms with Gasteiger partial charge < -0.3 is 9.47 Å². The maximum atomic E-state index is 14.1. The molecular weight excluding hydrogens is 399 g/mol. The van der Waals surface area contributed by atoms with E-state index in [1.807, 2.05) is 0 Å². The first-order valence-electron chi connectivity index (χ1n) is 8.06. The fraction of sp³-hybridized carbons (Fsp3) is 0.158. The second kappa shape index (κ2) is 7.53. The third-order valence-corrected chi connectivity index (χ3v) is 4.18. The fourth-order valence-electron chi connectivity index (χ4n) is 2.72. The lowest BCUT2D eigenvalue weighted by molar-refractivity contribution is -0.114. The zero-order valence-corrected chi connectivity index (χ0v) is 15.3. The van der Waals surface area contributed by atoms with Crippen LogP contribution in [0.5, 0.6) is 11.5 Å². The smallest absolute Gasteiger partial charge is 0.280 e. The molecule has 3 rings (SSSR count). The van der Waals surface area contributed by atoms with Crippen LogP contribution in [0.3, 0.4) is 0 Å². The van der Waals surface area contributed by atoms with Crippen molar-refractivity contribution in [2.45, 2.75) is 6.92 Å². The third kappa shape index (κ3) is 3.30. The van der Waals surface area contributed by atoms with Crippen LogP contribution in [0.25, 0.3) is 6.08 Å². The van der Waals surface area contributed by atoms with Gasteiger partial charge in [0.15, 0.2) is 34.8 Å².